The average molecular weight is 920 g/mol. The number of pyridine rings is 1. The Balaban J connectivity index is 1.76. The number of carbonyl (C=O) groups is 1. The van der Waals surface area contributed by atoms with Gasteiger partial charge in [0.25, 0.3) is 11.8 Å². The van der Waals surface area contributed by atoms with Crippen LogP contribution in [-0.4, -0.2) is 72.4 Å². The second-order valence-corrected chi connectivity index (χ2v) is 17.9. The first kappa shape index (κ1) is 47.3. The number of hydrogen-bond acceptors (Lipinski definition) is 7. The number of fused-ring (bicyclic) bond motifs is 1. The van der Waals surface area contributed by atoms with E-state index in [0.29, 0.717) is 13.0 Å². The van der Waals surface area contributed by atoms with Gasteiger partial charge in [0, 0.05) is 42.4 Å². The van der Waals surface area contributed by atoms with E-state index in [4.69, 9.17) is 22.3 Å². The highest BCUT2D eigenvalue weighted by Crippen LogP contribution is 2.44. The van der Waals surface area contributed by atoms with Gasteiger partial charge in [-0.05, 0) is 74.3 Å². The van der Waals surface area contributed by atoms with Crippen molar-refractivity contribution in [2.75, 3.05) is 23.8 Å². The summed E-state index contributed by atoms with van der Waals surface area (Å²) in [5, 5.41) is 6.94. The highest BCUT2D eigenvalue weighted by atomic mass is 35.5. The van der Waals surface area contributed by atoms with E-state index >= 15 is 8.78 Å². The summed E-state index contributed by atoms with van der Waals surface area (Å²) in [7, 11) is -1.75. The number of nitrogens with two attached hydrogens (primary N) is 1. The van der Waals surface area contributed by atoms with Crippen molar-refractivity contribution in [1.82, 2.24) is 20.1 Å². The van der Waals surface area contributed by atoms with Crippen molar-refractivity contribution in [3.8, 4) is 23.0 Å². The maximum absolute atomic E-state index is 15.1. The molecule has 61 heavy (non-hydrogen) atoms. The third-order valence-corrected chi connectivity index (χ3v) is 11.3. The Morgan fingerprint density at radius 3 is 2.33 bits per heavy atom. The quantitative estimate of drug-likeness (QED) is 0.0962. The minimum atomic E-state index is -5.18. The molecule has 0 radical (unpaired) electrons. The lowest BCUT2D eigenvalue weighted by Gasteiger charge is -2.23. The second-order valence-electron chi connectivity index (χ2n) is 14.9. The Morgan fingerprint density at radius 2 is 1.74 bits per heavy atom. The first-order valence-electron chi connectivity index (χ1n) is 18.2. The number of carbonyl (C=O) groups excluding carboxylic acids is 1. The topological polar surface area (TPSA) is 127 Å². The molecule has 2 aromatic carbocycles. The van der Waals surface area contributed by atoms with E-state index in [2.05, 4.69) is 32.0 Å². The molecule has 9 nitrogen and oxygen atoms in total. The third-order valence-electron chi connectivity index (χ3n) is 9.39. The number of nitrogens with zero attached hydrogens (tertiary/aromatic N) is 4. The third kappa shape index (κ3) is 11.4. The second kappa shape index (κ2) is 17.9. The van der Waals surface area contributed by atoms with Crippen LogP contribution in [0.1, 0.15) is 57.1 Å². The van der Waals surface area contributed by atoms with Crippen LogP contribution in [0.2, 0.25) is 5.02 Å². The number of hydrogen-bond donors (Lipinski definition) is 3. The lowest BCUT2D eigenvalue weighted by atomic mass is 9.93. The van der Waals surface area contributed by atoms with Gasteiger partial charge in [-0.15, -0.1) is 11.8 Å². The SMILES string of the molecule is CSC(C)(C)C#Cc1ccc(-c2ccc(Cl)c3c(NS(C)=O)nn(CC(C)(F)F)c23)c(C(Cc2cc(F)cc(F)c2)NC(=O)CN=C2/C(=C(\N)C(F)(F)F)[C@@H](C)CC2(F)F)n1. The summed E-state index contributed by atoms with van der Waals surface area (Å²) in [6.07, 6.45) is -3.56. The molecule has 0 saturated heterocycles. The van der Waals surface area contributed by atoms with E-state index < -0.39 is 106 Å². The van der Waals surface area contributed by atoms with Crippen molar-refractivity contribution in [2.45, 2.75) is 75.9 Å². The first-order chi connectivity index (χ1) is 28.2. The molecule has 0 aliphatic heterocycles. The maximum atomic E-state index is 15.1. The fourth-order valence-corrected chi connectivity index (χ4v) is 7.53. The molecule has 0 bridgehead atoms. The molecule has 1 aliphatic carbocycles. The molecule has 1 aliphatic rings. The molecule has 0 spiro atoms. The Hall–Kier alpha value is -4.74. The number of rotatable bonds is 12. The number of thioether (sulfide) groups is 1. The number of benzene rings is 2. The molecular formula is C40H39ClF9N7O2S2. The van der Waals surface area contributed by atoms with E-state index in [-0.39, 0.29) is 49.8 Å². The van der Waals surface area contributed by atoms with Gasteiger partial charge in [-0.3, -0.25) is 19.2 Å². The van der Waals surface area contributed by atoms with Crippen molar-refractivity contribution in [1.29, 1.82) is 0 Å². The smallest absolute Gasteiger partial charge is 0.394 e. The normalized spacial score (nSPS) is 18.2. The summed E-state index contributed by atoms with van der Waals surface area (Å²) in [6, 6.07) is 6.94. The Morgan fingerprint density at radius 1 is 1.10 bits per heavy atom. The minimum Gasteiger partial charge on any atom is -0.394 e. The van der Waals surface area contributed by atoms with Crippen LogP contribution in [0, 0.1) is 29.4 Å². The zero-order valence-corrected chi connectivity index (χ0v) is 35.7. The number of nitrogens with one attached hydrogen (secondary N) is 2. The molecule has 1 saturated carbocycles. The number of aromatic nitrogens is 3. The maximum Gasteiger partial charge on any atom is 0.431 e. The van der Waals surface area contributed by atoms with Crippen LogP contribution < -0.4 is 15.8 Å². The van der Waals surface area contributed by atoms with Crippen LogP contribution in [0.5, 0.6) is 0 Å². The Bertz CT molecular complexity index is 2490. The van der Waals surface area contributed by atoms with Crippen molar-refractivity contribution in [2.24, 2.45) is 16.6 Å². The zero-order chi connectivity index (χ0) is 45.4. The fourth-order valence-electron chi connectivity index (χ4n) is 6.72. The molecule has 4 N–H and O–H groups in total. The summed E-state index contributed by atoms with van der Waals surface area (Å²) in [5.74, 6) is -5.81. The average Bonchev–Trinajstić information content (AvgIpc) is 3.58. The number of allylic oxidation sites excluding steroid dienone is 2. The van der Waals surface area contributed by atoms with E-state index in [9.17, 15) is 39.7 Å². The van der Waals surface area contributed by atoms with Gasteiger partial charge in [-0.1, -0.05) is 30.5 Å². The molecule has 4 aromatic rings. The van der Waals surface area contributed by atoms with Crippen LogP contribution in [0.3, 0.4) is 0 Å². The van der Waals surface area contributed by atoms with Gasteiger partial charge in [-0.2, -0.15) is 27.1 Å². The van der Waals surface area contributed by atoms with Crippen LogP contribution in [0.25, 0.3) is 22.0 Å². The van der Waals surface area contributed by atoms with Crippen LogP contribution in [0.4, 0.5) is 45.3 Å². The van der Waals surface area contributed by atoms with Crippen molar-refractivity contribution in [3.05, 3.63) is 87.3 Å². The predicted molar refractivity (Wildman–Crippen MR) is 220 cm³/mol. The predicted octanol–water partition coefficient (Wildman–Crippen LogP) is 9.17. The highest BCUT2D eigenvalue weighted by molar-refractivity contribution is 8.00. The molecule has 2 unspecified atom stereocenters. The Kier molecular flexibility index (Phi) is 13.9. The molecule has 328 valence electrons. The number of amides is 1. The standard InChI is InChI=1S/C40H39ClF9N7O2S2/c1-20-17-39(46,47)35(30(20)34(51)40(48,49)50)52-18-29(58)54-28(15-21-13-22(42)16-23(43)14-21)32-25(8-7-24(53-32)11-12-37(2,3)60-5)26-9-10-27(41)31-33(26)57(19-38(4,44)45)55-36(31)56-61(6)59/h7-10,13-14,16,20,28H,15,17-19,51H2,1-6H3,(H,54,58)(H,55,56)/b34-30-,52-35?/t20-,28?,61?/m0/s1. The lowest BCUT2D eigenvalue weighted by molar-refractivity contribution is -0.120. The van der Waals surface area contributed by atoms with Gasteiger partial charge in [0.15, 0.2) is 5.82 Å². The van der Waals surface area contributed by atoms with Crippen LogP contribution in [0.15, 0.2) is 58.7 Å². The summed E-state index contributed by atoms with van der Waals surface area (Å²) in [5.41, 5.74) is 1.49. The van der Waals surface area contributed by atoms with Gasteiger partial charge >= 0.3 is 6.18 Å². The van der Waals surface area contributed by atoms with E-state index in [1.165, 1.54) is 42.3 Å². The largest absolute Gasteiger partial charge is 0.431 e. The summed E-state index contributed by atoms with van der Waals surface area (Å²) >= 11 is 8.03. The summed E-state index contributed by atoms with van der Waals surface area (Å²) < 4.78 is 145. The number of anilines is 1. The highest BCUT2D eigenvalue weighted by Gasteiger charge is 2.52. The minimum absolute atomic E-state index is 0.000179. The molecule has 2 aromatic heterocycles. The first-order valence-corrected chi connectivity index (χ1v) is 21.4. The molecular weight excluding hydrogens is 881 g/mol. The summed E-state index contributed by atoms with van der Waals surface area (Å²) in [4.78, 5) is 22.2. The molecule has 1 fully saturated rings. The zero-order valence-electron chi connectivity index (χ0n) is 33.3. The summed E-state index contributed by atoms with van der Waals surface area (Å²) in [6.45, 7) is 3.30. The van der Waals surface area contributed by atoms with Gasteiger partial charge in [0.2, 0.25) is 5.91 Å². The number of alkyl halides is 7. The van der Waals surface area contributed by atoms with Crippen molar-refractivity contribution < 1.29 is 48.5 Å². The number of halogens is 10. The molecule has 21 heteroatoms. The van der Waals surface area contributed by atoms with Crippen molar-refractivity contribution >= 4 is 62.7 Å². The van der Waals surface area contributed by atoms with E-state index in [1.54, 1.807) is 0 Å². The van der Waals surface area contributed by atoms with Gasteiger partial charge in [0.1, 0.15) is 52.8 Å². The van der Waals surface area contributed by atoms with Gasteiger partial charge in [0.05, 0.1) is 32.4 Å². The van der Waals surface area contributed by atoms with Crippen LogP contribution in [-0.2, 0) is 28.7 Å². The van der Waals surface area contributed by atoms with Gasteiger partial charge in [-0.25, -0.2) is 26.8 Å². The molecule has 5 rings (SSSR count). The monoisotopic (exact) mass is 919 g/mol. The van der Waals surface area contributed by atoms with Crippen molar-refractivity contribution in [3.63, 3.8) is 0 Å². The molecule has 3 atom stereocenters. The fraction of sp³-hybridized carbons (Fsp3) is 0.400. The van der Waals surface area contributed by atoms with E-state index in [0.717, 1.165) is 23.7 Å². The molecule has 1 amide bonds. The van der Waals surface area contributed by atoms with Gasteiger partial charge < -0.3 is 11.1 Å². The number of aliphatic imine (C=N–C) groups is 1. The van der Waals surface area contributed by atoms with Crippen LogP contribution >= 0.6 is 23.4 Å². The molecule has 2 heterocycles. The lowest BCUT2D eigenvalue weighted by Crippen LogP contribution is -2.34. The van der Waals surface area contributed by atoms with E-state index in [1.807, 2.05) is 20.1 Å². The Labute approximate surface area is 356 Å².